The minimum Gasteiger partial charge on any atom is -0.356 e. The van der Waals surface area contributed by atoms with Crippen LogP contribution in [-0.4, -0.2) is 50.9 Å². The van der Waals surface area contributed by atoms with Gasteiger partial charge < -0.3 is 14.8 Å². The number of benzene rings is 1. The first-order chi connectivity index (χ1) is 13.9. The smallest absolute Gasteiger partial charge is 0.272 e. The summed E-state index contributed by atoms with van der Waals surface area (Å²) < 4.78 is 1.98. The number of aromatic nitrogens is 3. The molecule has 1 N–H and O–H groups in total. The Morgan fingerprint density at radius 2 is 2.03 bits per heavy atom. The molecule has 3 heterocycles. The Kier molecular flexibility index (Phi) is 5.05. The SMILES string of the molecule is CC(=O)NC[C@@H]1CN(C(=O)c2ccc3cc(C)ccc3n2)C[C@H]1c1cncn1C. The molecule has 2 amide bonds. The number of nitrogens with one attached hydrogen (secondary N) is 1. The van der Waals surface area contributed by atoms with E-state index in [0.717, 1.165) is 22.2 Å². The maximum atomic E-state index is 13.2. The Hall–Kier alpha value is -3.22. The molecule has 1 aliphatic rings. The zero-order valence-corrected chi connectivity index (χ0v) is 16.9. The third-order valence-electron chi connectivity index (χ3n) is 5.64. The van der Waals surface area contributed by atoms with Crippen molar-refractivity contribution in [1.29, 1.82) is 0 Å². The molecule has 150 valence electrons. The maximum absolute atomic E-state index is 13.2. The average Bonchev–Trinajstić information content (AvgIpc) is 3.31. The van der Waals surface area contributed by atoms with Crippen molar-refractivity contribution in [3.63, 3.8) is 0 Å². The Labute approximate surface area is 169 Å². The Morgan fingerprint density at radius 3 is 2.76 bits per heavy atom. The summed E-state index contributed by atoms with van der Waals surface area (Å²) in [4.78, 5) is 35.3. The summed E-state index contributed by atoms with van der Waals surface area (Å²) in [6, 6.07) is 9.76. The van der Waals surface area contributed by atoms with E-state index < -0.39 is 0 Å². The van der Waals surface area contributed by atoms with Gasteiger partial charge in [-0.1, -0.05) is 17.7 Å². The van der Waals surface area contributed by atoms with E-state index in [1.807, 2.05) is 47.8 Å². The van der Waals surface area contributed by atoms with Gasteiger partial charge >= 0.3 is 0 Å². The van der Waals surface area contributed by atoms with Crippen LogP contribution in [0, 0.1) is 12.8 Å². The van der Waals surface area contributed by atoms with Gasteiger partial charge in [-0.25, -0.2) is 9.97 Å². The molecule has 0 unspecified atom stereocenters. The number of fused-ring (bicyclic) bond motifs is 1. The monoisotopic (exact) mass is 391 g/mol. The van der Waals surface area contributed by atoms with E-state index in [4.69, 9.17) is 0 Å². The van der Waals surface area contributed by atoms with E-state index in [1.54, 1.807) is 12.4 Å². The third-order valence-corrected chi connectivity index (χ3v) is 5.64. The van der Waals surface area contributed by atoms with E-state index >= 15 is 0 Å². The third kappa shape index (κ3) is 3.85. The summed E-state index contributed by atoms with van der Waals surface area (Å²) in [6.07, 6.45) is 3.61. The van der Waals surface area contributed by atoms with Crippen LogP contribution in [0.25, 0.3) is 10.9 Å². The molecule has 29 heavy (non-hydrogen) atoms. The van der Waals surface area contributed by atoms with Crippen LogP contribution in [0.5, 0.6) is 0 Å². The molecule has 2 aromatic heterocycles. The number of hydrogen-bond acceptors (Lipinski definition) is 4. The second kappa shape index (κ2) is 7.66. The summed E-state index contributed by atoms with van der Waals surface area (Å²) in [5.41, 5.74) is 3.50. The molecule has 0 bridgehead atoms. The molecule has 0 spiro atoms. The first-order valence-corrected chi connectivity index (χ1v) is 9.79. The highest BCUT2D eigenvalue weighted by atomic mass is 16.2. The summed E-state index contributed by atoms with van der Waals surface area (Å²) >= 11 is 0. The molecule has 1 aliphatic heterocycles. The van der Waals surface area contributed by atoms with Crippen LogP contribution >= 0.6 is 0 Å². The molecule has 1 fully saturated rings. The predicted octanol–water partition coefficient (Wildman–Crippen LogP) is 2.27. The Bertz CT molecular complexity index is 1070. The molecular weight excluding hydrogens is 366 g/mol. The minimum atomic E-state index is -0.0787. The number of amides is 2. The largest absolute Gasteiger partial charge is 0.356 e. The summed E-state index contributed by atoms with van der Waals surface area (Å²) in [5.74, 6) is 0.0951. The van der Waals surface area contributed by atoms with Crippen molar-refractivity contribution in [3.8, 4) is 0 Å². The maximum Gasteiger partial charge on any atom is 0.272 e. The molecule has 0 aliphatic carbocycles. The van der Waals surface area contributed by atoms with E-state index in [0.29, 0.717) is 25.3 Å². The lowest BCUT2D eigenvalue weighted by atomic mass is 9.93. The number of pyridine rings is 1. The lowest BCUT2D eigenvalue weighted by molar-refractivity contribution is -0.119. The number of likely N-dealkylation sites (tertiary alicyclic amines) is 1. The van der Waals surface area contributed by atoms with Gasteiger partial charge in [-0.05, 0) is 25.1 Å². The average molecular weight is 391 g/mol. The summed E-state index contributed by atoms with van der Waals surface area (Å²) in [5, 5.41) is 3.93. The van der Waals surface area contributed by atoms with Crippen molar-refractivity contribution in [3.05, 3.63) is 59.8 Å². The minimum absolute atomic E-state index is 0.0648. The molecule has 0 radical (unpaired) electrons. The molecule has 3 aromatic rings. The van der Waals surface area contributed by atoms with Gasteiger partial charge in [0.1, 0.15) is 5.69 Å². The van der Waals surface area contributed by atoms with Crippen LogP contribution in [0.2, 0.25) is 0 Å². The van der Waals surface area contributed by atoms with Crippen molar-refractivity contribution in [2.75, 3.05) is 19.6 Å². The first-order valence-electron chi connectivity index (χ1n) is 9.79. The first kappa shape index (κ1) is 19.1. The Morgan fingerprint density at radius 1 is 1.21 bits per heavy atom. The molecule has 1 aromatic carbocycles. The highest BCUT2D eigenvalue weighted by molar-refractivity contribution is 5.95. The molecule has 2 atom stereocenters. The Balaban J connectivity index is 1.59. The number of hydrogen-bond donors (Lipinski definition) is 1. The zero-order valence-electron chi connectivity index (χ0n) is 16.9. The fourth-order valence-electron chi connectivity index (χ4n) is 4.10. The number of rotatable bonds is 4. The highest BCUT2D eigenvalue weighted by Gasteiger charge is 2.38. The second-order valence-corrected chi connectivity index (χ2v) is 7.84. The standard InChI is InChI=1S/C22H25N5O2/c1-14-4-6-19-16(8-14)5-7-20(25-19)22(29)27-11-17(9-24-15(2)28)18(12-27)21-10-23-13-26(21)3/h4-8,10,13,17-18H,9,11-12H2,1-3H3,(H,24,28)/t17-,18-/m1/s1. The number of imidazole rings is 1. The fourth-order valence-corrected chi connectivity index (χ4v) is 4.10. The van der Waals surface area contributed by atoms with Crippen LogP contribution in [0.4, 0.5) is 0 Å². The molecule has 7 nitrogen and oxygen atoms in total. The molecular formula is C22H25N5O2. The summed E-state index contributed by atoms with van der Waals surface area (Å²) in [7, 11) is 1.95. The molecule has 1 saturated heterocycles. The van der Waals surface area contributed by atoms with Crippen molar-refractivity contribution in [2.24, 2.45) is 13.0 Å². The van der Waals surface area contributed by atoms with Gasteiger partial charge in [0.25, 0.3) is 5.91 Å². The van der Waals surface area contributed by atoms with Gasteiger partial charge in [-0.2, -0.15) is 0 Å². The topological polar surface area (TPSA) is 80.1 Å². The lowest BCUT2D eigenvalue weighted by Gasteiger charge is -2.18. The molecule has 0 saturated carbocycles. The van der Waals surface area contributed by atoms with E-state index in [-0.39, 0.29) is 23.7 Å². The molecule has 4 rings (SSSR count). The van der Waals surface area contributed by atoms with Crippen LogP contribution in [0.3, 0.4) is 0 Å². The number of carbonyl (C=O) groups excluding carboxylic acids is 2. The van der Waals surface area contributed by atoms with Crippen molar-refractivity contribution in [1.82, 2.24) is 24.8 Å². The van der Waals surface area contributed by atoms with Gasteiger partial charge in [-0.15, -0.1) is 0 Å². The number of carbonyl (C=O) groups is 2. The molecule has 7 heteroatoms. The van der Waals surface area contributed by atoms with E-state index in [1.165, 1.54) is 6.92 Å². The zero-order chi connectivity index (χ0) is 20.5. The van der Waals surface area contributed by atoms with E-state index in [2.05, 4.69) is 21.4 Å². The number of nitrogens with zero attached hydrogens (tertiary/aromatic N) is 4. The van der Waals surface area contributed by atoms with Gasteiger partial charge in [-0.3, -0.25) is 9.59 Å². The van der Waals surface area contributed by atoms with E-state index in [9.17, 15) is 9.59 Å². The number of aryl methyl sites for hydroxylation is 2. The van der Waals surface area contributed by atoms with Gasteiger partial charge in [0.15, 0.2) is 0 Å². The van der Waals surface area contributed by atoms with Crippen molar-refractivity contribution >= 4 is 22.7 Å². The van der Waals surface area contributed by atoms with Crippen molar-refractivity contribution < 1.29 is 9.59 Å². The quantitative estimate of drug-likeness (QED) is 0.740. The van der Waals surface area contributed by atoms with Gasteiger partial charge in [0, 0.05) is 62.7 Å². The fraction of sp³-hybridized carbons (Fsp3) is 0.364. The van der Waals surface area contributed by atoms with Crippen molar-refractivity contribution in [2.45, 2.75) is 19.8 Å². The van der Waals surface area contributed by atoms with Crippen LogP contribution < -0.4 is 5.32 Å². The summed E-state index contributed by atoms with van der Waals surface area (Å²) in [6.45, 7) is 5.23. The lowest BCUT2D eigenvalue weighted by Crippen LogP contribution is -2.32. The van der Waals surface area contributed by atoms with Crippen LogP contribution in [0.15, 0.2) is 42.9 Å². The second-order valence-electron chi connectivity index (χ2n) is 7.84. The van der Waals surface area contributed by atoms with Crippen LogP contribution in [0.1, 0.15) is 34.6 Å². The predicted molar refractivity (Wildman–Crippen MR) is 111 cm³/mol. The normalized spacial score (nSPS) is 18.9. The van der Waals surface area contributed by atoms with Gasteiger partial charge in [0.05, 0.1) is 11.8 Å². The van der Waals surface area contributed by atoms with Crippen LogP contribution in [-0.2, 0) is 11.8 Å². The van der Waals surface area contributed by atoms with Gasteiger partial charge in [0.2, 0.25) is 5.91 Å². The highest BCUT2D eigenvalue weighted by Crippen LogP contribution is 2.33.